The molecule has 21 heavy (non-hydrogen) atoms. The second-order valence-corrected chi connectivity index (χ2v) is 4.09. The number of carbonyl (C=O) groups is 1. The largest absolute Gasteiger partial charge is 0.472 e. The quantitative estimate of drug-likeness (QED) is 0.938. The van der Waals surface area contributed by atoms with Crippen LogP contribution in [0.3, 0.4) is 0 Å². The van der Waals surface area contributed by atoms with Crippen LogP contribution < -0.4 is 10.5 Å². The molecule has 0 unspecified atom stereocenters. The minimum Gasteiger partial charge on any atom is -0.472 e. The molecule has 0 aliphatic carbocycles. The van der Waals surface area contributed by atoms with E-state index in [2.05, 4.69) is 9.97 Å². The number of rotatable bonds is 4. The van der Waals surface area contributed by atoms with Crippen molar-refractivity contribution < 1.29 is 22.7 Å². The highest BCUT2D eigenvalue weighted by atomic mass is 19.4. The van der Waals surface area contributed by atoms with Crippen molar-refractivity contribution in [3.8, 4) is 5.88 Å². The van der Waals surface area contributed by atoms with Crippen LogP contribution in [-0.4, -0.2) is 15.9 Å². The Balaban J connectivity index is 2.10. The van der Waals surface area contributed by atoms with Gasteiger partial charge in [-0.3, -0.25) is 9.78 Å². The van der Waals surface area contributed by atoms with Gasteiger partial charge in [0.2, 0.25) is 5.88 Å². The average molecular weight is 297 g/mol. The van der Waals surface area contributed by atoms with Crippen LogP contribution in [-0.2, 0) is 12.8 Å². The molecule has 1 aromatic heterocycles. The Labute approximate surface area is 117 Å². The molecule has 0 saturated heterocycles. The maximum atomic E-state index is 12.6. The first-order valence-corrected chi connectivity index (χ1v) is 5.77. The van der Waals surface area contributed by atoms with E-state index in [0.717, 1.165) is 12.1 Å². The number of carbonyl (C=O) groups excluding carboxylic acids is 1. The van der Waals surface area contributed by atoms with Crippen LogP contribution in [0.1, 0.15) is 21.6 Å². The maximum absolute atomic E-state index is 12.6. The van der Waals surface area contributed by atoms with Gasteiger partial charge in [-0.2, -0.15) is 13.2 Å². The van der Waals surface area contributed by atoms with Crippen molar-refractivity contribution in [2.45, 2.75) is 12.8 Å². The van der Waals surface area contributed by atoms with E-state index in [1.165, 1.54) is 24.5 Å². The van der Waals surface area contributed by atoms with Gasteiger partial charge in [0, 0.05) is 0 Å². The van der Waals surface area contributed by atoms with Gasteiger partial charge in [0.25, 0.3) is 5.91 Å². The molecule has 5 nitrogen and oxygen atoms in total. The molecule has 0 aliphatic rings. The summed E-state index contributed by atoms with van der Waals surface area (Å²) in [7, 11) is 0. The van der Waals surface area contributed by atoms with Crippen molar-refractivity contribution in [1.29, 1.82) is 0 Å². The summed E-state index contributed by atoms with van der Waals surface area (Å²) in [6, 6.07) is 4.72. The number of aromatic nitrogens is 2. The van der Waals surface area contributed by atoms with Crippen LogP contribution in [0, 0.1) is 0 Å². The average Bonchev–Trinajstić information content (AvgIpc) is 2.45. The second kappa shape index (κ2) is 5.78. The number of nitrogens with zero attached hydrogens (tertiary/aromatic N) is 2. The summed E-state index contributed by atoms with van der Waals surface area (Å²) in [5.74, 6) is -0.768. The van der Waals surface area contributed by atoms with Crippen molar-refractivity contribution in [2.24, 2.45) is 5.73 Å². The smallest absolute Gasteiger partial charge is 0.416 e. The standard InChI is InChI=1S/C13H10F3N3O2/c14-13(15,16)9-3-1-2-8(4-9)7-21-11-6-18-5-10(19-11)12(17)20/h1-6H,7H2,(H2,17,20). The summed E-state index contributed by atoms with van der Waals surface area (Å²) in [6.07, 6.45) is -2.01. The summed E-state index contributed by atoms with van der Waals surface area (Å²) < 4.78 is 42.9. The Bertz CT molecular complexity index is 659. The lowest BCUT2D eigenvalue weighted by atomic mass is 10.1. The Kier molecular flexibility index (Phi) is 4.06. The van der Waals surface area contributed by atoms with E-state index in [9.17, 15) is 18.0 Å². The van der Waals surface area contributed by atoms with Crippen molar-refractivity contribution >= 4 is 5.91 Å². The lowest BCUT2D eigenvalue weighted by molar-refractivity contribution is -0.137. The Morgan fingerprint density at radius 2 is 2.05 bits per heavy atom. The molecule has 2 N–H and O–H groups in total. The highest BCUT2D eigenvalue weighted by Gasteiger charge is 2.30. The van der Waals surface area contributed by atoms with Crippen LogP contribution in [0.2, 0.25) is 0 Å². The van der Waals surface area contributed by atoms with Crippen LogP contribution in [0.15, 0.2) is 36.7 Å². The lowest BCUT2D eigenvalue weighted by Crippen LogP contribution is -2.14. The predicted octanol–water partition coefficient (Wildman–Crippen LogP) is 2.17. The molecule has 0 bridgehead atoms. The van der Waals surface area contributed by atoms with Crippen LogP contribution in [0.25, 0.3) is 0 Å². The van der Waals surface area contributed by atoms with Gasteiger partial charge in [0.05, 0.1) is 18.0 Å². The van der Waals surface area contributed by atoms with E-state index < -0.39 is 17.6 Å². The van der Waals surface area contributed by atoms with Gasteiger partial charge < -0.3 is 10.5 Å². The Hall–Kier alpha value is -2.64. The zero-order valence-corrected chi connectivity index (χ0v) is 10.6. The lowest BCUT2D eigenvalue weighted by Gasteiger charge is -2.09. The molecule has 8 heteroatoms. The minimum absolute atomic E-state index is 0.00344. The summed E-state index contributed by atoms with van der Waals surface area (Å²) in [4.78, 5) is 18.4. The molecule has 0 aliphatic heterocycles. The molecule has 0 radical (unpaired) electrons. The topological polar surface area (TPSA) is 78.1 Å². The van der Waals surface area contributed by atoms with Crippen LogP contribution >= 0.6 is 0 Å². The van der Waals surface area contributed by atoms with Gasteiger partial charge >= 0.3 is 6.18 Å². The first kappa shape index (κ1) is 14.8. The monoisotopic (exact) mass is 297 g/mol. The van der Waals surface area contributed by atoms with Crippen LogP contribution in [0.4, 0.5) is 13.2 Å². The molecular formula is C13H10F3N3O2. The Morgan fingerprint density at radius 3 is 2.71 bits per heavy atom. The Morgan fingerprint density at radius 1 is 1.29 bits per heavy atom. The molecule has 0 atom stereocenters. The third-order valence-corrected chi connectivity index (χ3v) is 2.51. The first-order chi connectivity index (χ1) is 9.86. The van der Waals surface area contributed by atoms with Crippen molar-refractivity contribution in [2.75, 3.05) is 0 Å². The fraction of sp³-hybridized carbons (Fsp3) is 0.154. The zero-order chi connectivity index (χ0) is 15.5. The molecule has 1 aromatic carbocycles. The number of hydrogen-bond donors (Lipinski definition) is 1. The van der Waals surface area contributed by atoms with Crippen molar-refractivity contribution in [3.63, 3.8) is 0 Å². The maximum Gasteiger partial charge on any atom is 0.416 e. The predicted molar refractivity (Wildman–Crippen MR) is 66.3 cm³/mol. The summed E-state index contributed by atoms with van der Waals surface area (Å²) in [6.45, 7) is -0.138. The van der Waals surface area contributed by atoms with Gasteiger partial charge in [-0.1, -0.05) is 12.1 Å². The number of hydrogen-bond acceptors (Lipinski definition) is 4. The van der Waals surface area contributed by atoms with Crippen LogP contribution in [0.5, 0.6) is 5.88 Å². The van der Waals surface area contributed by atoms with Crippen molar-refractivity contribution in [1.82, 2.24) is 9.97 Å². The van der Waals surface area contributed by atoms with E-state index in [1.54, 1.807) is 0 Å². The molecule has 2 rings (SSSR count). The second-order valence-electron chi connectivity index (χ2n) is 4.09. The number of benzene rings is 1. The van der Waals surface area contributed by atoms with E-state index in [4.69, 9.17) is 10.5 Å². The number of primary amides is 1. The van der Waals surface area contributed by atoms with Gasteiger partial charge in [-0.05, 0) is 17.7 Å². The summed E-state index contributed by atoms with van der Waals surface area (Å²) in [5, 5.41) is 0. The van der Waals surface area contributed by atoms with Gasteiger partial charge in [-0.25, -0.2) is 4.98 Å². The third kappa shape index (κ3) is 3.91. The molecule has 1 heterocycles. The summed E-state index contributed by atoms with van der Waals surface area (Å²) >= 11 is 0. The summed E-state index contributed by atoms with van der Waals surface area (Å²) in [5.41, 5.74) is 4.50. The van der Waals surface area contributed by atoms with Gasteiger partial charge in [0.15, 0.2) is 0 Å². The van der Waals surface area contributed by atoms with Gasteiger partial charge in [-0.15, -0.1) is 0 Å². The zero-order valence-electron chi connectivity index (χ0n) is 10.6. The van der Waals surface area contributed by atoms with E-state index >= 15 is 0 Å². The van der Waals surface area contributed by atoms with Crippen molar-refractivity contribution in [3.05, 3.63) is 53.5 Å². The highest BCUT2D eigenvalue weighted by Crippen LogP contribution is 2.29. The molecule has 0 saturated carbocycles. The molecule has 2 aromatic rings. The molecular weight excluding hydrogens is 287 g/mol. The number of ether oxygens (including phenoxy) is 1. The third-order valence-electron chi connectivity index (χ3n) is 2.51. The SMILES string of the molecule is NC(=O)c1cncc(OCc2cccc(C(F)(F)F)c2)n1. The molecule has 110 valence electrons. The number of amides is 1. The van der Waals surface area contributed by atoms with E-state index in [1.807, 2.05) is 0 Å². The first-order valence-electron chi connectivity index (χ1n) is 5.77. The molecule has 1 amide bonds. The van der Waals surface area contributed by atoms with Gasteiger partial charge in [0.1, 0.15) is 12.3 Å². The number of nitrogens with two attached hydrogens (primary N) is 1. The van der Waals surface area contributed by atoms with E-state index in [0.29, 0.717) is 5.56 Å². The normalized spacial score (nSPS) is 11.2. The number of halogens is 3. The number of alkyl halides is 3. The fourth-order valence-corrected chi connectivity index (χ4v) is 1.53. The van der Waals surface area contributed by atoms with E-state index in [-0.39, 0.29) is 18.2 Å². The fourth-order valence-electron chi connectivity index (χ4n) is 1.53. The minimum atomic E-state index is -4.41. The highest BCUT2D eigenvalue weighted by molar-refractivity contribution is 5.90. The molecule has 0 fully saturated rings. The molecule has 0 spiro atoms.